The van der Waals surface area contributed by atoms with Gasteiger partial charge in [0.05, 0.1) is 6.26 Å². The lowest BCUT2D eigenvalue weighted by atomic mass is 10.2. The lowest BCUT2D eigenvalue weighted by Crippen LogP contribution is -1.82. The lowest BCUT2D eigenvalue weighted by Gasteiger charge is -1.88. The highest BCUT2D eigenvalue weighted by atomic mass is 16.2. The number of allylic oxidation sites excluding steroid dienone is 5. The zero-order valence-corrected chi connectivity index (χ0v) is 5.66. The molecule has 1 aliphatic rings. The number of carbonyl (C=O) groups excluding carboxylic acids is 1. The van der Waals surface area contributed by atoms with Gasteiger partial charge in [-0.1, -0.05) is 0 Å². The van der Waals surface area contributed by atoms with Crippen molar-refractivity contribution in [3.05, 3.63) is 35.1 Å². The highest BCUT2D eigenvalue weighted by Gasteiger charge is 2.07. The molecule has 0 aromatic heterocycles. The van der Waals surface area contributed by atoms with Gasteiger partial charge in [0.15, 0.2) is 6.29 Å². The van der Waals surface area contributed by atoms with Crippen molar-refractivity contribution >= 4 is 6.29 Å². The second-order valence-electron chi connectivity index (χ2n) is 2.19. The predicted molar refractivity (Wildman–Crippen MR) is 38.6 cm³/mol. The van der Waals surface area contributed by atoms with Crippen molar-refractivity contribution in [2.75, 3.05) is 0 Å². The summed E-state index contributed by atoms with van der Waals surface area (Å²) in [6.45, 7) is 1.88. The SMILES string of the molecule is CC1=C/C(=C/O)C(C=O)=C1. The van der Waals surface area contributed by atoms with Gasteiger partial charge in [-0.05, 0) is 24.6 Å². The fraction of sp³-hybridized carbons (Fsp3) is 0.125. The van der Waals surface area contributed by atoms with E-state index < -0.39 is 0 Å². The Balaban J connectivity index is 3.00. The molecule has 0 bridgehead atoms. The van der Waals surface area contributed by atoms with Gasteiger partial charge >= 0.3 is 0 Å². The van der Waals surface area contributed by atoms with Gasteiger partial charge in [0.1, 0.15) is 0 Å². The minimum Gasteiger partial charge on any atom is -0.515 e. The summed E-state index contributed by atoms with van der Waals surface area (Å²) in [4.78, 5) is 10.3. The average molecular weight is 136 g/mol. The third kappa shape index (κ3) is 1.00. The van der Waals surface area contributed by atoms with Crippen LogP contribution in [0.15, 0.2) is 35.1 Å². The van der Waals surface area contributed by atoms with E-state index in [1.54, 1.807) is 12.2 Å². The Hall–Kier alpha value is -1.31. The van der Waals surface area contributed by atoms with Gasteiger partial charge in [-0.3, -0.25) is 4.79 Å². The molecule has 0 spiro atoms. The second kappa shape index (κ2) is 2.52. The first-order valence-corrected chi connectivity index (χ1v) is 2.98. The molecular weight excluding hydrogens is 128 g/mol. The van der Waals surface area contributed by atoms with E-state index in [0.717, 1.165) is 18.1 Å². The van der Waals surface area contributed by atoms with E-state index in [4.69, 9.17) is 5.11 Å². The average Bonchev–Trinajstić information content (AvgIpc) is 2.30. The Labute approximate surface area is 59.2 Å². The normalized spacial score (nSPS) is 20.7. The van der Waals surface area contributed by atoms with Gasteiger partial charge in [0.2, 0.25) is 0 Å². The van der Waals surface area contributed by atoms with E-state index in [1.807, 2.05) is 6.92 Å². The summed E-state index contributed by atoms with van der Waals surface area (Å²) in [6.07, 6.45) is 5.16. The van der Waals surface area contributed by atoms with Crippen LogP contribution >= 0.6 is 0 Å². The van der Waals surface area contributed by atoms with Crippen LogP contribution in [0.3, 0.4) is 0 Å². The molecule has 0 aromatic carbocycles. The van der Waals surface area contributed by atoms with Gasteiger partial charge in [-0.15, -0.1) is 0 Å². The highest BCUT2D eigenvalue weighted by molar-refractivity contribution is 5.84. The summed E-state index contributed by atoms with van der Waals surface area (Å²) >= 11 is 0. The van der Waals surface area contributed by atoms with Crippen molar-refractivity contribution < 1.29 is 9.90 Å². The largest absolute Gasteiger partial charge is 0.515 e. The van der Waals surface area contributed by atoms with Crippen molar-refractivity contribution in [1.29, 1.82) is 0 Å². The predicted octanol–water partition coefficient (Wildman–Crippen LogP) is 1.51. The molecule has 0 heterocycles. The van der Waals surface area contributed by atoms with E-state index >= 15 is 0 Å². The van der Waals surface area contributed by atoms with Crippen LogP contribution in [0.25, 0.3) is 0 Å². The Morgan fingerprint density at radius 3 is 2.60 bits per heavy atom. The van der Waals surface area contributed by atoms with Crippen LogP contribution in [-0.2, 0) is 4.79 Å². The summed E-state index contributed by atoms with van der Waals surface area (Å²) < 4.78 is 0. The van der Waals surface area contributed by atoms with E-state index in [2.05, 4.69) is 0 Å². The Morgan fingerprint density at radius 1 is 1.50 bits per heavy atom. The number of aliphatic hydroxyl groups is 1. The van der Waals surface area contributed by atoms with Crippen LogP contribution in [0.4, 0.5) is 0 Å². The van der Waals surface area contributed by atoms with Crippen molar-refractivity contribution in [3.8, 4) is 0 Å². The smallest absolute Gasteiger partial charge is 0.150 e. The Morgan fingerprint density at radius 2 is 2.20 bits per heavy atom. The number of aldehydes is 1. The van der Waals surface area contributed by atoms with Crippen LogP contribution < -0.4 is 0 Å². The van der Waals surface area contributed by atoms with Crippen LogP contribution in [0.2, 0.25) is 0 Å². The molecule has 2 heteroatoms. The number of carbonyl (C=O) groups is 1. The summed E-state index contributed by atoms with van der Waals surface area (Å²) in [5.74, 6) is 0. The molecule has 0 fully saturated rings. The molecule has 10 heavy (non-hydrogen) atoms. The Kier molecular flexibility index (Phi) is 1.71. The first kappa shape index (κ1) is 6.81. The van der Waals surface area contributed by atoms with Gasteiger partial charge in [-0.25, -0.2) is 0 Å². The zero-order chi connectivity index (χ0) is 7.56. The molecule has 0 aromatic rings. The minimum atomic E-state index is 0.542. The standard InChI is InChI=1S/C8H8O2/c1-6-2-7(4-9)8(3-6)5-10/h2-5,9H,1H3/b7-4-. The monoisotopic (exact) mass is 136 g/mol. The maximum Gasteiger partial charge on any atom is 0.150 e. The van der Waals surface area contributed by atoms with Gasteiger partial charge in [0.25, 0.3) is 0 Å². The topological polar surface area (TPSA) is 37.3 Å². The molecule has 0 atom stereocenters. The summed E-state index contributed by atoms with van der Waals surface area (Å²) in [6, 6.07) is 0. The number of hydrogen-bond donors (Lipinski definition) is 1. The number of hydrogen-bond acceptors (Lipinski definition) is 2. The van der Waals surface area contributed by atoms with Crippen molar-refractivity contribution in [2.45, 2.75) is 6.92 Å². The molecule has 0 saturated carbocycles. The van der Waals surface area contributed by atoms with Gasteiger partial charge < -0.3 is 5.11 Å². The molecule has 1 N–H and O–H groups in total. The second-order valence-corrected chi connectivity index (χ2v) is 2.19. The molecular formula is C8H8O2. The summed E-state index contributed by atoms with van der Waals surface area (Å²) in [7, 11) is 0. The maximum absolute atomic E-state index is 10.3. The minimum absolute atomic E-state index is 0.542. The van der Waals surface area contributed by atoms with Gasteiger partial charge in [-0.2, -0.15) is 0 Å². The number of rotatable bonds is 1. The summed E-state index contributed by atoms with van der Waals surface area (Å²) in [5.41, 5.74) is 2.12. The molecule has 0 radical (unpaired) electrons. The van der Waals surface area contributed by atoms with E-state index in [0.29, 0.717) is 11.1 Å². The first-order chi connectivity index (χ1) is 4.77. The lowest BCUT2D eigenvalue weighted by molar-refractivity contribution is -0.104. The molecule has 2 nitrogen and oxygen atoms in total. The summed E-state index contributed by atoms with van der Waals surface area (Å²) in [5, 5.41) is 8.58. The van der Waals surface area contributed by atoms with Crippen molar-refractivity contribution in [3.63, 3.8) is 0 Å². The quantitative estimate of drug-likeness (QED) is 0.438. The first-order valence-electron chi connectivity index (χ1n) is 2.98. The third-order valence-electron chi connectivity index (χ3n) is 1.37. The molecule has 0 aliphatic heterocycles. The molecule has 1 aliphatic carbocycles. The zero-order valence-electron chi connectivity index (χ0n) is 5.66. The van der Waals surface area contributed by atoms with Crippen molar-refractivity contribution in [2.24, 2.45) is 0 Å². The van der Waals surface area contributed by atoms with Gasteiger partial charge in [0, 0.05) is 11.1 Å². The van der Waals surface area contributed by atoms with E-state index in [9.17, 15) is 4.79 Å². The number of aliphatic hydroxyl groups excluding tert-OH is 1. The van der Waals surface area contributed by atoms with Crippen LogP contribution in [0.1, 0.15) is 6.92 Å². The van der Waals surface area contributed by atoms with Crippen LogP contribution in [0.5, 0.6) is 0 Å². The maximum atomic E-state index is 10.3. The molecule has 0 unspecified atom stereocenters. The highest BCUT2D eigenvalue weighted by Crippen LogP contribution is 2.20. The fourth-order valence-corrected chi connectivity index (χ4v) is 0.913. The molecule has 1 rings (SSSR count). The third-order valence-corrected chi connectivity index (χ3v) is 1.37. The van der Waals surface area contributed by atoms with E-state index in [-0.39, 0.29) is 0 Å². The van der Waals surface area contributed by atoms with E-state index in [1.165, 1.54) is 0 Å². The molecule has 0 saturated heterocycles. The Bertz CT molecular complexity index is 244. The molecule has 52 valence electrons. The van der Waals surface area contributed by atoms with Crippen LogP contribution in [0, 0.1) is 0 Å². The van der Waals surface area contributed by atoms with Crippen LogP contribution in [-0.4, -0.2) is 11.4 Å². The van der Waals surface area contributed by atoms with Crippen molar-refractivity contribution in [1.82, 2.24) is 0 Å². The molecule has 0 amide bonds. The fourth-order valence-electron chi connectivity index (χ4n) is 0.913.